The lowest BCUT2D eigenvalue weighted by molar-refractivity contribution is -0.140. The van der Waals surface area contributed by atoms with Crippen LogP contribution in [0.3, 0.4) is 0 Å². The minimum Gasteiger partial charge on any atom is -0.321 e. The number of carbonyl (C=O) groups excluding carboxylic acids is 3. The molecule has 1 saturated carbocycles. The van der Waals surface area contributed by atoms with Crippen LogP contribution in [0.1, 0.15) is 32.1 Å². The molecule has 7 heteroatoms. The Kier molecular flexibility index (Phi) is 4.59. The first-order valence-electron chi connectivity index (χ1n) is 8.08. The zero-order valence-electron chi connectivity index (χ0n) is 13.1. The van der Waals surface area contributed by atoms with Gasteiger partial charge in [0, 0.05) is 13.0 Å². The van der Waals surface area contributed by atoms with Crippen LogP contribution < -0.4 is 5.32 Å². The number of likely N-dealkylation sites (tertiary alicyclic amines) is 1. The summed E-state index contributed by atoms with van der Waals surface area (Å²) in [6, 6.07) is 3.28. The van der Waals surface area contributed by atoms with E-state index in [1.54, 1.807) is 0 Å². The molecule has 2 aliphatic rings. The van der Waals surface area contributed by atoms with E-state index < -0.39 is 23.2 Å². The van der Waals surface area contributed by atoms with E-state index in [1.165, 1.54) is 6.07 Å². The number of amides is 3. The summed E-state index contributed by atoms with van der Waals surface area (Å²) in [5.41, 5.74) is -0.518. The summed E-state index contributed by atoms with van der Waals surface area (Å²) in [6.45, 7) is -0.0629. The fourth-order valence-corrected chi connectivity index (χ4v) is 3.48. The molecule has 0 aromatic heterocycles. The third kappa shape index (κ3) is 3.02. The Bertz CT molecular complexity index is 648. The Morgan fingerprint density at radius 3 is 2.17 bits per heavy atom. The second-order valence-corrected chi connectivity index (χ2v) is 6.22. The fourth-order valence-electron chi connectivity index (χ4n) is 3.48. The van der Waals surface area contributed by atoms with Gasteiger partial charge in [-0.15, -0.1) is 0 Å². The average molecular weight is 336 g/mol. The van der Waals surface area contributed by atoms with Gasteiger partial charge in [0.1, 0.15) is 17.3 Å². The number of imide groups is 1. The van der Waals surface area contributed by atoms with Crippen molar-refractivity contribution in [2.45, 2.75) is 32.1 Å². The molecule has 1 aromatic carbocycles. The lowest BCUT2D eigenvalue weighted by Crippen LogP contribution is -2.34. The first kappa shape index (κ1) is 16.5. The second-order valence-electron chi connectivity index (χ2n) is 6.22. The number of carbonyl (C=O) groups is 3. The van der Waals surface area contributed by atoms with Crippen molar-refractivity contribution in [1.29, 1.82) is 0 Å². The molecule has 0 bridgehead atoms. The van der Waals surface area contributed by atoms with Crippen molar-refractivity contribution < 1.29 is 23.2 Å². The molecule has 24 heavy (non-hydrogen) atoms. The molecule has 1 heterocycles. The highest BCUT2D eigenvalue weighted by Crippen LogP contribution is 2.38. The first-order valence-corrected chi connectivity index (χ1v) is 8.08. The molecule has 2 atom stereocenters. The van der Waals surface area contributed by atoms with Crippen LogP contribution in [0.4, 0.5) is 14.5 Å². The largest absolute Gasteiger partial charge is 0.321 e. The van der Waals surface area contributed by atoms with Gasteiger partial charge >= 0.3 is 0 Å². The molecule has 3 amide bonds. The molecule has 3 rings (SSSR count). The molecule has 1 N–H and O–H groups in total. The molecule has 2 fully saturated rings. The van der Waals surface area contributed by atoms with E-state index in [1.807, 2.05) is 0 Å². The highest BCUT2D eigenvalue weighted by atomic mass is 19.1. The van der Waals surface area contributed by atoms with Gasteiger partial charge in [-0.3, -0.25) is 19.3 Å². The zero-order valence-corrected chi connectivity index (χ0v) is 13.1. The van der Waals surface area contributed by atoms with Gasteiger partial charge in [-0.2, -0.15) is 0 Å². The van der Waals surface area contributed by atoms with E-state index in [4.69, 9.17) is 0 Å². The summed E-state index contributed by atoms with van der Waals surface area (Å²) in [6.07, 6.45) is 3.09. The van der Waals surface area contributed by atoms with Crippen molar-refractivity contribution in [3.63, 3.8) is 0 Å². The summed E-state index contributed by atoms with van der Waals surface area (Å²) in [5.74, 6) is -3.37. The third-order valence-corrected chi connectivity index (χ3v) is 4.72. The standard InChI is InChI=1S/C17H18F2N2O3/c18-12-6-3-7-13(19)15(12)20-14(22)8-9-21-16(23)10-4-1-2-5-11(10)17(21)24/h3,6-7,10-11H,1-2,4-5,8-9H2,(H,20,22). The van der Waals surface area contributed by atoms with Crippen LogP contribution in [0.2, 0.25) is 0 Å². The Hall–Kier alpha value is -2.31. The third-order valence-electron chi connectivity index (χ3n) is 4.72. The Labute approximate surface area is 138 Å². The number of fused-ring (bicyclic) bond motifs is 1. The molecule has 1 saturated heterocycles. The lowest BCUT2D eigenvalue weighted by Gasteiger charge is -2.19. The number of rotatable bonds is 4. The predicted octanol–water partition coefficient (Wildman–Crippen LogP) is 2.47. The van der Waals surface area contributed by atoms with Crippen LogP contribution in [0.25, 0.3) is 0 Å². The number of para-hydroxylation sites is 1. The maximum atomic E-state index is 13.5. The number of hydrogen-bond donors (Lipinski definition) is 1. The SMILES string of the molecule is O=C(CCN1C(=O)C2CCCCC2C1=O)Nc1c(F)cccc1F. The van der Waals surface area contributed by atoms with E-state index in [0.29, 0.717) is 12.8 Å². The van der Waals surface area contributed by atoms with Crippen LogP contribution in [0, 0.1) is 23.5 Å². The number of anilines is 1. The van der Waals surface area contributed by atoms with Gasteiger partial charge in [0.15, 0.2) is 0 Å². The lowest BCUT2D eigenvalue weighted by atomic mass is 9.81. The smallest absolute Gasteiger partial charge is 0.233 e. The van der Waals surface area contributed by atoms with Crippen LogP contribution in [-0.2, 0) is 14.4 Å². The molecule has 1 aromatic rings. The van der Waals surface area contributed by atoms with Crippen molar-refractivity contribution in [2.75, 3.05) is 11.9 Å². The van der Waals surface area contributed by atoms with Crippen molar-refractivity contribution in [2.24, 2.45) is 11.8 Å². The number of benzene rings is 1. The molecule has 1 aliphatic heterocycles. The van der Waals surface area contributed by atoms with Crippen molar-refractivity contribution in [3.8, 4) is 0 Å². The number of hydrogen-bond acceptors (Lipinski definition) is 3. The van der Waals surface area contributed by atoms with Crippen LogP contribution in [0.5, 0.6) is 0 Å². The van der Waals surface area contributed by atoms with Gasteiger partial charge in [-0.25, -0.2) is 8.78 Å². The quantitative estimate of drug-likeness (QED) is 0.859. The first-order chi connectivity index (χ1) is 11.5. The van der Waals surface area contributed by atoms with Gasteiger partial charge < -0.3 is 5.32 Å². The fraction of sp³-hybridized carbons (Fsp3) is 0.471. The highest BCUT2D eigenvalue weighted by molar-refractivity contribution is 6.05. The van der Waals surface area contributed by atoms with Crippen LogP contribution in [0.15, 0.2) is 18.2 Å². The molecule has 0 spiro atoms. The topological polar surface area (TPSA) is 66.5 Å². The van der Waals surface area contributed by atoms with Crippen molar-refractivity contribution >= 4 is 23.4 Å². The molecule has 0 radical (unpaired) electrons. The van der Waals surface area contributed by atoms with Crippen molar-refractivity contribution in [3.05, 3.63) is 29.8 Å². The normalized spacial score (nSPS) is 23.3. The van der Waals surface area contributed by atoms with Crippen LogP contribution >= 0.6 is 0 Å². The van der Waals surface area contributed by atoms with Crippen molar-refractivity contribution in [1.82, 2.24) is 4.90 Å². The van der Waals surface area contributed by atoms with Crippen LogP contribution in [-0.4, -0.2) is 29.2 Å². The summed E-state index contributed by atoms with van der Waals surface area (Å²) in [7, 11) is 0. The molecule has 5 nitrogen and oxygen atoms in total. The molecular weight excluding hydrogens is 318 g/mol. The van der Waals surface area contributed by atoms with E-state index in [-0.39, 0.29) is 36.6 Å². The van der Waals surface area contributed by atoms with Gasteiger partial charge in [0.2, 0.25) is 17.7 Å². The van der Waals surface area contributed by atoms with E-state index in [0.717, 1.165) is 29.9 Å². The van der Waals surface area contributed by atoms with Gasteiger partial charge in [-0.05, 0) is 25.0 Å². The minimum atomic E-state index is -0.873. The Morgan fingerprint density at radius 2 is 1.62 bits per heavy atom. The Morgan fingerprint density at radius 1 is 1.08 bits per heavy atom. The molecule has 128 valence electrons. The molecule has 2 unspecified atom stereocenters. The summed E-state index contributed by atoms with van der Waals surface area (Å²) in [5, 5.41) is 2.16. The monoisotopic (exact) mass is 336 g/mol. The maximum absolute atomic E-state index is 13.5. The second kappa shape index (κ2) is 6.67. The predicted molar refractivity (Wildman–Crippen MR) is 81.8 cm³/mol. The molecule has 1 aliphatic carbocycles. The minimum absolute atomic E-state index is 0.0629. The highest BCUT2D eigenvalue weighted by Gasteiger charge is 2.47. The molecular formula is C17H18F2N2O3. The van der Waals surface area contributed by atoms with Gasteiger partial charge in [0.25, 0.3) is 0 Å². The van der Waals surface area contributed by atoms with Gasteiger partial charge in [-0.1, -0.05) is 18.9 Å². The summed E-state index contributed by atoms with van der Waals surface area (Å²) >= 11 is 0. The maximum Gasteiger partial charge on any atom is 0.233 e. The van der Waals surface area contributed by atoms with Gasteiger partial charge in [0.05, 0.1) is 11.8 Å². The number of nitrogens with zero attached hydrogens (tertiary/aromatic N) is 1. The number of halogens is 2. The summed E-state index contributed by atoms with van der Waals surface area (Å²) < 4.78 is 27.0. The number of nitrogens with one attached hydrogen (secondary N) is 1. The Balaban J connectivity index is 1.60. The van der Waals surface area contributed by atoms with E-state index in [9.17, 15) is 23.2 Å². The zero-order chi connectivity index (χ0) is 17.3. The average Bonchev–Trinajstić information content (AvgIpc) is 2.81. The summed E-state index contributed by atoms with van der Waals surface area (Å²) in [4.78, 5) is 37.6. The van der Waals surface area contributed by atoms with E-state index >= 15 is 0 Å². The van der Waals surface area contributed by atoms with E-state index in [2.05, 4.69) is 5.32 Å².